The van der Waals surface area contributed by atoms with E-state index in [4.69, 9.17) is 4.74 Å². The van der Waals surface area contributed by atoms with E-state index >= 15 is 0 Å². The van der Waals surface area contributed by atoms with Gasteiger partial charge in [-0.3, -0.25) is 4.79 Å². The summed E-state index contributed by atoms with van der Waals surface area (Å²) < 4.78 is 60.9. The molecule has 1 atom stereocenters. The smallest absolute Gasteiger partial charge is 0.375 e. The molecular formula is C19H16F4N6O2. The molecule has 0 N–H and O–H groups in total. The Labute approximate surface area is 172 Å². The van der Waals surface area contributed by atoms with Crippen LogP contribution in [-0.2, 0) is 28.5 Å². The van der Waals surface area contributed by atoms with E-state index in [1.807, 2.05) is 0 Å². The van der Waals surface area contributed by atoms with Gasteiger partial charge in [0.2, 0.25) is 0 Å². The molecule has 4 aromatic rings. The Bertz CT molecular complexity index is 1280. The zero-order valence-electron chi connectivity index (χ0n) is 16.4. The van der Waals surface area contributed by atoms with Gasteiger partial charge >= 0.3 is 6.18 Å². The number of alkyl halides is 3. The first-order valence-electron chi connectivity index (χ1n) is 9.14. The van der Waals surface area contributed by atoms with Crippen molar-refractivity contribution in [1.29, 1.82) is 0 Å². The number of carbonyl (C=O) groups is 1. The Morgan fingerprint density at radius 3 is 2.71 bits per heavy atom. The van der Waals surface area contributed by atoms with Crippen LogP contribution in [0.4, 0.5) is 17.6 Å². The first-order chi connectivity index (χ1) is 14.7. The molecule has 4 aromatic heterocycles. The van der Waals surface area contributed by atoms with Crippen molar-refractivity contribution in [1.82, 2.24) is 29.2 Å². The van der Waals surface area contributed by atoms with Gasteiger partial charge in [-0.1, -0.05) is 0 Å². The highest BCUT2D eigenvalue weighted by Crippen LogP contribution is 2.30. The van der Waals surface area contributed by atoms with Gasteiger partial charge in [-0.2, -0.15) is 23.4 Å². The third-order valence-corrected chi connectivity index (χ3v) is 4.81. The minimum absolute atomic E-state index is 0.0128. The largest absolute Gasteiger partial charge is 0.435 e. The molecule has 0 bridgehead atoms. The zero-order valence-corrected chi connectivity index (χ0v) is 16.4. The SMILES string of the molecule is CO[C@@H](C)c1c(CC(=O)Cc2cc(F)c3ncnn3c2)cnc2cc(C(F)(F)F)nn12. The van der Waals surface area contributed by atoms with Gasteiger partial charge in [0.05, 0.1) is 11.8 Å². The summed E-state index contributed by atoms with van der Waals surface area (Å²) in [4.78, 5) is 20.5. The van der Waals surface area contributed by atoms with Gasteiger partial charge < -0.3 is 4.74 Å². The molecule has 0 aliphatic rings. The van der Waals surface area contributed by atoms with Crippen molar-refractivity contribution in [2.75, 3.05) is 7.11 Å². The van der Waals surface area contributed by atoms with E-state index in [1.165, 1.54) is 36.4 Å². The van der Waals surface area contributed by atoms with Crippen LogP contribution in [0.1, 0.15) is 35.5 Å². The van der Waals surface area contributed by atoms with Crippen LogP contribution in [0, 0.1) is 5.82 Å². The van der Waals surface area contributed by atoms with E-state index in [0.717, 1.165) is 10.6 Å². The number of methoxy groups -OCH3 is 1. The van der Waals surface area contributed by atoms with Crippen molar-refractivity contribution in [3.8, 4) is 0 Å². The number of pyridine rings is 1. The minimum atomic E-state index is -4.64. The van der Waals surface area contributed by atoms with Crippen LogP contribution < -0.4 is 0 Å². The Kier molecular flexibility index (Phi) is 5.17. The number of halogens is 4. The van der Waals surface area contributed by atoms with Crippen LogP contribution >= 0.6 is 0 Å². The lowest BCUT2D eigenvalue weighted by atomic mass is 10.0. The maximum absolute atomic E-state index is 14.1. The summed E-state index contributed by atoms with van der Waals surface area (Å²) in [6.07, 6.45) is -1.53. The first kappa shape index (κ1) is 20.8. The molecule has 0 saturated heterocycles. The predicted octanol–water partition coefficient (Wildman–Crippen LogP) is 2.99. The second kappa shape index (κ2) is 7.69. The molecule has 0 aliphatic heterocycles. The molecule has 31 heavy (non-hydrogen) atoms. The Morgan fingerprint density at radius 2 is 2.00 bits per heavy atom. The Balaban J connectivity index is 1.66. The molecule has 4 rings (SSSR count). The summed E-state index contributed by atoms with van der Waals surface area (Å²) in [5.41, 5.74) is -0.0264. The molecular weight excluding hydrogens is 420 g/mol. The van der Waals surface area contributed by atoms with Gasteiger partial charge in [-0.15, -0.1) is 0 Å². The molecule has 162 valence electrons. The van der Waals surface area contributed by atoms with Crippen LogP contribution in [0.15, 0.2) is 30.9 Å². The van der Waals surface area contributed by atoms with Crippen LogP contribution in [0.5, 0.6) is 0 Å². The van der Waals surface area contributed by atoms with E-state index in [-0.39, 0.29) is 35.6 Å². The molecule has 0 radical (unpaired) electrons. The fraction of sp³-hybridized carbons (Fsp3) is 0.316. The molecule has 12 heteroatoms. The van der Waals surface area contributed by atoms with Crippen LogP contribution in [0.3, 0.4) is 0 Å². The Hall–Kier alpha value is -3.41. The second-order valence-electron chi connectivity index (χ2n) is 6.96. The number of carbonyl (C=O) groups excluding carboxylic acids is 1. The number of nitrogens with zero attached hydrogens (tertiary/aromatic N) is 6. The molecule has 8 nitrogen and oxygen atoms in total. The van der Waals surface area contributed by atoms with E-state index < -0.39 is 23.8 Å². The normalized spacial score (nSPS) is 13.2. The summed E-state index contributed by atoms with van der Waals surface area (Å²) >= 11 is 0. The summed E-state index contributed by atoms with van der Waals surface area (Å²) in [7, 11) is 1.40. The highest BCUT2D eigenvalue weighted by atomic mass is 19.4. The van der Waals surface area contributed by atoms with Gasteiger partial charge in [0, 0.05) is 44.0 Å². The maximum Gasteiger partial charge on any atom is 0.435 e. The standard InChI is InChI=1S/C19H16F4N6O2/c1-10(31-2)17-12(7-24-16-6-15(19(21,22)23)27-29(16)17)5-13(30)3-11-4-14(20)18-25-9-26-28(18)8-11/h4,6-10H,3,5H2,1-2H3/t10-/m0/s1. The molecule has 0 saturated carbocycles. The van der Waals surface area contributed by atoms with Gasteiger partial charge in [-0.05, 0) is 18.6 Å². The number of ketones is 1. The monoisotopic (exact) mass is 436 g/mol. The van der Waals surface area contributed by atoms with Gasteiger partial charge in [0.25, 0.3) is 0 Å². The van der Waals surface area contributed by atoms with Crippen LogP contribution in [0.2, 0.25) is 0 Å². The summed E-state index contributed by atoms with van der Waals surface area (Å²) in [5.74, 6) is -0.913. The summed E-state index contributed by atoms with van der Waals surface area (Å²) in [6, 6.07) is 2.03. The molecule has 0 unspecified atom stereocenters. The van der Waals surface area contributed by atoms with Crippen molar-refractivity contribution in [3.63, 3.8) is 0 Å². The minimum Gasteiger partial charge on any atom is -0.375 e. The second-order valence-corrected chi connectivity index (χ2v) is 6.96. The number of ether oxygens (including phenoxy) is 1. The van der Waals surface area contributed by atoms with E-state index in [2.05, 4.69) is 20.2 Å². The number of fused-ring (bicyclic) bond motifs is 2. The molecule has 0 aliphatic carbocycles. The fourth-order valence-corrected chi connectivity index (χ4v) is 3.34. The lowest BCUT2D eigenvalue weighted by molar-refractivity contribution is -0.141. The number of hydrogen-bond acceptors (Lipinski definition) is 6. The third-order valence-electron chi connectivity index (χ3n) is 4.81. The molecule has 4 heterocycles. The van der Waals surface area contributed by atoms with Crippen molar-refractivity contribution in [2.24, 2.45) is 0 Å². The third kappa shape index (κ3) is 3.98. The van der Waals surface area contributed by atoms with Crippen LogP contribution in [0.25, 0.3) is 11.3 Å². The summed E-state index contributed by atoms with van der Waals surface area (Å²) in [6.45, 7) is 1.63. The lowest BCUT2D eigenvalue weighted by Crippen LogP contribution is -2.16. The molecule has 0 aromatic carbocycles. The number of aromatic nitrogens is 6. The van der Waals surface area contributed by atoms with Crippen molar-refractivity contribution in [2.45, 2.75) is 32.0 Å². The molecule has 0 amide bonds. The van der Waals surface area contributed by atoms with E-state index in [0.29, 0.717) is 11.1 Å². The van der Waals surface area contributed by atoms with Gasteiger partial charge in [0.15, 0.2) is 22.8 Å². The van der Waals surface area contributed by atoms with Crippen molar-refractivity contribution in [3.05, 3.63) is 59.2 Å². The quantitative estimate of drug-likeness (QED) is 0.432. The average Bonchev–Trinajstić information content (AvgIpc) is 3.34. The molecule has 0 spiro atoms. The highest BCUT2D eigenvalue weighted by molar-refractivity contribution is 5.83. The van der Waals surface area contributed by atoms with Crippen molar-refractivity contribution >= 4 is 17.1 Å². The number of rotatable bonds is 6. The highest BCUT2D eigenvalue weighted by Gasteiger charge is 2.35. The topological polar surface area (TPSA) is 86.7 Å². The van der Waals surface area contributed by atoms with E-state index in [9.17, 15) is 22.4 Å². The zero-order chi connectivity index (χ0) is 22.3. The van der Waals surface area contributed by atoms with Gasteiger partial charge in [0.1, 0.15) is 12.1 Å². The maximum atomic E-state index is 14.1. The van der Waals surface area contributed by atoms with E-state index in [1.54, 1.807) is 6.92 Å². The van der Waals surface area contributed by atoms with Crippen molar-refractivity contribution < 1.29 is 27.1 Å². The summed E-state index contributed by atoms with van der Waals surface area (Å²) in [5, 5.41) is 7.47. The fourth-order valence-electron chi connectivity index (χ4n) is 3.34. The average molecular weight is 436 g/mol. The van der Waals surface area contributed by atoms with Crippen LogP contribution in [-0.4, -0.2) is 42.1 Å². The van der Waals surface area contributed by atoms with Gasteiger partial charge in [-0.25, -0.2) is 23.4 Å². The predicted molar refractivity (Wildman–Crippen MR) is 98.8 cm³/mol. The lowest BCUT2D eigenvalue weighted by Gasteiger charge is -2.16. The first-order valence-corrected chi connectivity index (χ1v) is 9.14. The Morgan fingerprint density at radius 1 is 1.23 bits per heavy atom. The molecule has 0 fully saturated rings. The number of Topliss-reactive ketones (excluding diaryl/α,β-unsaturated/α-hetero) is 1. The number of hydrogen-bond donors (Lipinski definition) is 0.